The fraction of sp³-hybridized carbons (Fsp3) is 0.261. The number of nitrogens with zero attached hydrogens (tertiary/aromatic N) is 3. The molecule has 7 heteroatoms. The van der Waals surface area contributed by atoms with Crippen molar-refractivity contribution in [2.45, 2.75) is 20.0 Å². The first-order valence-electron chi connectivity index (χ1n) is 9.99. The Balaban J connectivity index is 1.60. The highest BCUT2D eigenvalue weighted by molar-refractivity contribution is 5.93. The van der Waals surface area contributed by atoms with Crippen molar-refractivity contribution in [3.8, 4) is 11.3 Å². The molecule has 0 unspecified atom stereocenters. The Labute approximate surface area is 177 Å². The van der Waals surface area contributed by atoms with Gasteiger partial charge in [-0.3, -0.25) is 4.79 Å². The van der Waals surface area contributed by atoms with E-state index in [0.29, 0.717) is 24.6 Å². The molecule has 0 aliphatic carbocycles. The van der Waals surface area contributed by atoms with Gasteiger partial charge >= 0.3 is 0 Å². The molecule has 1 amide bonds. The molecule has 2 aromatic carbocycles. The van der Waals surface area contributed by atoms with Gasteiger partial charge in [-0.25, -0.2) is 9.98 Å². The van der Waals surface area contributed by atoms with Crippen LogP contribution in [0.4, 0.5) is 0 Å². The second-order valence-electron chi connectivity index (χ2n) is 7.05. The maximum atomic E-state index is 12.0. The first-order chi connectivity index (χ1) is 14.6. The molecule has 0 aliphatic rings. The first-order valence-corrected chi connectivity index (χ1v) is 9.99. The third-order valence-corrected chi connectivity index (χ3v) is 4.51. The van der Waals surface area contributed by atoms with Gasteiger partial charge in [-0.05, 0) is 30.2 Å². The number of H-pyrrole nitrogens is 1. The average Bonchev–Trinajstić information content (AvgIpc) is 3.25. The Morgan fingerprint density at radius 3 is 2.47 bits per heavy atom. The number of aliphatic imine (C=N–C) groups is 1. The summed E-state index contributed by atoms with van der Waals surface area (Å²) >= 11 is 0. The van der Waals surface area contributed by atoms with Gasteiger partial charge in [-0.1, -0.05) is 42.5 Å². The summed E-state index contributed by atoms with van der Waals surface area (Å²) in [5, 5.41) is 6.54. The number of hydrogen-bond donors (Lipinski definition) is 3. The Kier molecular flexibility index (Phi) is 7.21. The lowest BCUT2D eigenvalue weighted by molar-refractivity contribution is 0.0827. The zero-order chi connectivity index (χ0) is 21.3. The zero-order valence-electron chi connectivity index (χ0n) is 17.6. The van der Waals surface area contributed by atoms with Gasteiger partial charge in [0.2, 0.25) is 0 Å². The maximum Gasteiger partial charge on any atom is 0.253 e. The van der Waals surface area contributed by atoms with Gasteiger partial charge < -0.3 is 20.5 Å². The molecule has 0 bridgehead atoms. The van der Waals surface area contributed by atoms with Crippen LogP contribution in [0.2, 0.25) is 0 Å². The quantitative estimate of drug-likeness (QED) is 0.417. The van der Waals surface area contributed by atoms with Crippen LogP contribution in [-0.2, 0) is 13.1 Å². The number of aromatic nitrogens is 2. The van der Waals surface area contributed by atoms with Gasteiger partial charge in [-0.2, -0.15) is 0 Å². The van der Waals surface area contributed by atoms with E-state index >= 15 is 0 Å². The van der Waals surface area contributed by atoms with Crippen molar-refractivity contribution in [1.82, 2.24) is 25.5 Å². The fourth-order valence-corrected chi connectivity index (χ4v) is 2.91. The number of amides is 1. The average molecular weight is 405 g/mol. The largest absolute Gasteiger partial charge is 0.357 e. The fourth-order valence-electron chi connectivity index (χ4n) is 2.91. The first kappa shape index (κ1) is 21.1. The van der Waals surface area contributed by atoms with Crippen molar-refractivity contribution >= 4 is 11.9 Å². The molecule has 0 saturated heterocycles. The molecule has 1 aromatic heterocycles. The molecule has 0 spiro atoms. The Bertz CT molecular complexity index is 976. The second-order valence-corrected chi connectivity index (χ2v) is 7.05. The zero-order valence-corrected chi connectivity index (χ0v) is 17.6. The number of carbonyl (C=O) groups excluding carboxylic acids is 1. The van der Waals surface area contributed by atoms with E-state index in [-0.39, 0.29) is 5.91 Å². The summed E-state index contributed by atoms with van der Waals surface area (Å²) in [7, 11) is 3.49. The van der Waals surface area contributed by atoms with E-state index in [1.54, 1.807) is 19.0 Å². The van der Waals surface area contributed by atoms with Crippen molar-refractivity contribution in [3.63, 3.8) is 0 Å². The van der Waals surface area contributed by atoms with Gasteiger partial charge in [0.25, 0.3) is 5.91 Å². The molecule has 3 rings (SSSR count). The topological polar surface area (TPSA) is 85.4 Å². The van der Waals surface area contributed by atoms with Crippen LogP contribution < -0.4 is 10.6 Å². The third-order valence-electron chi connectivity index (χ3n) is 4.51. The molecule has 1 heterocycles. The van der Waals surface area contributed by atoms with Gasteiger partial charge in [-0.15, -0.1) is 0 Å². The SMILES string of the molecule is CCNC(=NCc1ccc(C(=O)N(C)C)cc1)NCc1ncc(-c2ccccc2)[nH]1. The van der Waals surface area contributed by atoms with Crippen LogP contribution in [0.1, 0.15) is 28.7 Å². The van der Waals surface area contributed by atoms with E-state index in [4.69, 9.17) is 0 Å². The number of hydrogen-bond acceptors (Lipinski definition) is 3. The van der Waals surface area contributed by atoms with Crippen molar-refractivity contribution < 1.29 is 4.79 Å². The third kappa shape index (κ3) is 5.70. The van der Waals surface area contributed by atoms with Crippen LogP contribution in [0, 0.1) is 0 Å². The number of rotatable bonds is 7. The molecule has 0 aliphatic heterocycles. The van der Waals surface area contributed by atoms with E-state index in [2.05, 4.69) is 25.6 Å². The highest BCUT2D eigenvalue weighted by Gasteiger charge is 2.07. The Morgan fingerprint density at radius 2 is 1.80 bits per heavy atom. The van der Waals surface area contributed by atoms with Crippen molar-refractivity contribution in [2.75, 3.05) is 20.6 Å². The second kappa shape index (κ2) is 10.2. The lowest BCUT2D eigenvalue weighted by Gasteiger charge is -2.11. The Hall–Kier alpha value is -3.61. The lowest BCUT2D eigenvalue weighted by Crippen LogP contribution is -2.37. The Morgan fingerprint density at radius 1 is 1.07 bits per heavy atom. The minimum absolute atomic E-state index is 0.00613. The monoisotopic (exact) mass is 404 g/mol. The number of guanidine groups is 1. The molecule has 0 atom stereocenters. The predicted molar refractivity (Wildman–Crippen MR) is 120 cm³/mol. The molecule has 0 radical (unpaired) electrons. The van der Waals surface area contributed by atoms with Crippen molar-refractivity contribution in [1.29, 1.82) is 0 Å². The van der Waals surface area contributed by atoms with Crippen LogP contribution in [0.25, 0.3) is 11.3 Å². The molecular weight excluding hydrogens is 376 g/mol. The number of benzene rings is 2. The minimum atomic E-state index is -0.00613. The summed E-state index contributed by atoms with van der Waals surface area (Å²) in [6.45, 7) is 3.84. The molecule has 3 N–H and O–H groups in total. The summed E-state index contributed by atoms with van der Waals surface area (Å²) in [6, 6.07) is 17.6. The van der Waals surface area contributed by atoms with Crippen LogP contribution in [-0.4, -0.2) is 47.4 Å². The molecular formula is C23H28N6O. The van der Waals surface area contributed by atoms with Crippen LogP contribution in [0.15, 0.2) is 65.8 Å². The van der Waals surface area contributed by atoms with Gasteiger partial charge in [0.05, 0.1) is 25.0 Å². The predicted octanol–water partition coefficient (Wildman–Crippen LogP) is 3.03. The van der Waals surface area contributed by atoms with E-state index < -0.39 is 0 Å². The van der Waals surface area contributed by atoms with E-state index in [9.17, 15) is 4.79 Å². The van der Waals surface area contributed by atoms with Crippen LogP contribution in [0.3, 0.4) is 0 Å². The number of imidazole rings is 1. The van der Waals surface area contributed by atoms with Crippen LogP contribution >= 0.6 is 0 Å². The molecule has 0 saturated carbocycles. The molecule has 30 heavy (non-hydrogen) atoms. The standard InChI is InChI=1S/C23H28N6O/c1-4-24-23(26-14-17-10-12-19(13-11-17)22(30)29(2)3)27-16-21-25-15-20(28-21)18-8-6-5-7-9-18/h5-13,15H,4,14,16H2,1-3H3,(H,25,28)(H2,24,26,27). The summed E-state index contributed by atoms with van der Waals surface area (Å²) in [5.41, 5.74) is 3.80. The summed E-state index contributed by atoms with van der Waals surface area (Å²) in [6.07, 6.45) is 1.84. The highest BCUT2D eigenvalue weighted by Crippen LogP contribution is 2.15. The summed E-state index contributed by atoms with van der Waals surface area (Å²) in [5.74, 6) is 1.54. The molecule has 0 fully saturated rings. The number of carbonyl (C=O) groups is 1. The minimum Gasteiger partial charge on any atom is -0.357 e. The molecule has 3 aromatic rings. The van der Waals surface area contributed by atoms with E-state index in [1.165, 1.54) is 0 Å². The van der Waals surface area contributed by atoms with Crippen molar-refractivity contribution in [2.24, 2.45) is 4.99 Å². The smallest absolute Gasteiger partial charge is 0.253 e. The summed E-state index contributed by atoms with van der Waals surface area (Å²) in [4.78, 5) is 26.0. The van der Waals surface area contributed by atoms with Crippen LogP contribution in [0.5, 0.6) is 0 Å². The lowest BCUT2D eigenvalue weighted by atomic mass is 10.1. The number of aromatic amines is 1. The molecule has 7 nitrogen and oxygen atoms in total. The molecule has 156 valence electrons. The van der Waals surface area contributed by atoms with E-state index in [1.807, 2.05) is 67.7 Å². The van der Waals surface area contributed by atoms with Gasteiger partial charge in [0.15, 0.2) is 5.96 Å². The maximum absolute atomic E-state index is 12.0. The summed E-state index contributed by atoms with van der Waals surface area (Å²) < 4.78 is 0. The van der Waals surface area contributed by atoms with Crippen molar-refractivity contribution in [3.05, 3.63) is 77.7 Å². The van der Waals surface area contributed by atoms with Gasteiger partial charge in [0.1, 0.15) is 5.82 Å². The van der Waals surface area contributed by atoms with E-state index in [0.717, 1.165) is 29.2 Å². The number of nitrogens with one attached hydrogen (secondary N) is 3. The van der Waals surface area contributed by atoms with Gasteiger partial charge in [0, 0.05) is 26.2 Å². The normalized spacial score (nSPS) is 11.2. The highest BCUT2D eigenvalue weighted by atomic mass is 16.2.